The third-order valence-corrected chi connectivity index (χ3v) is 3.85. The van der Waals surface area contributed by atoms with Gasteiger partial charge in [0.1, 0.15) is 17.2 Å². The first-order valence-corrected chi connectivity index (χ1v) is 8.32. The van der Waals surface area contributed by atoms with Gasteiger partial charge in [0.25, 0.3) is 11.8 Å². The van der Waals surface area contributed by atoms with E-state index in [-0.39, 0.29) is 11.6 Å². The van der Waals surface area contributed by atoms with Crippen molar-refractivity contribution >= 4 is 23.2 Å². The van der Waals surface area contributed by atoms with Crippen molar-refractivity contribution in [3.05, 3.63) is 72.3 Å². The molecule has 0 aliphatic carbocycles. The van der Waals surface area contributed by atoms with Crippen LogP contribution in [0.2, 0.25) is 0 Å². The van der Waals surface area contributed by atoms with Crippen LogP contribution in [0.3, 0.4) is 0 Å². The number of carbonyl (C=O) groups excluding carboxylic acids is 2. The van der Waals surface area contributed by atoms with Crippen LogP contribution in [-0.4, -0.2) is 36.0 Å². The van der Waals surface area contributed by atoms with Gasteiger partial charge < -0.3 is 20.1 Å². The summed E-state index contributed by atoms with van der Waals surface area (Å²) in [6.45, 7) is 0. The molecule has 0 unspecified atom stereocenters. The lowest BCUT2D eigenvalue weighted by molar-refractivity contribution is 0.101. The lowest BCUT2D eigenvalue weighted by Crippen LogP contribution is -2.16. The molecule has 1 aromatic heterocycles. The van der Waals surface area contributed by atoms with E-state index in [1.165, 1.54) is 32.8 Å². The number of hydrogen-bond acceptors (Lipinski definition) is 6. The minimum Gasteiger partial charge on any atom is -0.494 e. The molecule has 0 atom stereocenters. The van der Waals surface area contributed by atoms with Gasteiger partial charge in [-0.3, -0.25) is 14.6 Å². The fourth-order valence-electron chi connectivity index (χ4n) is 2.48. The lowest BCUT2D eigenvalue weighted by Gasteiger charge is -2.16. The molecule has 8 nitrogen and oxygen atoms in total. The van der Waals surface area contributed by atoms with E-state index in [4.69, 9.17) is 9.47 Å². The van der Waals surface area contributed by atoms with Gasteiger partial charge in [0.2, 0.25) is 0 Å². The van der Waals surface area contributed by atoms with E-state index in [1.807, 2.05) is 6.07 Å². The molecule has 0 radical (unpaired) electrons. The predicted octanol–water partition coefficient (Wildman–Crippen LogP) is 3.00. The Morgan fingerprint density at radius 3 is 2.00 bits per heavy atom. The maximum absolute atomic E-state index is 12.4. The first-order chi connectivity index (χ1) is 13.6. The van der Waals surface area contributed by atoms with Crippen molar-refractivity contribution in [2.75, 3.05) is 24.9 Å². The number of rotatable bonds is 6. The predicted molar refractivity (Wildman–Crippen MR) is 104 cm³/mol. The van der Waals surface area contributed by atoms with Gasteiger partial charge in [-0.25, -0.2) is 4.98 Å². The average Bonchev–Trinajstić information content (AvgIpc) is 2.75. The van der Waals surface area contributed by atoms with Gasteiger partial charge >= 0.3 is 0 Å². The zero-order valence-corrected chi connectivity index (χ0v) is 15.3. The summed E-state index contributed by atoms with van der Waals surface area (Å²) in [7, 11) is 2.93. The third-order valence-electron chi connectivity index (χ3n) is 3.85. The van der Waals surface area contributed by atoms with Gasteiger partial charge in [-0.05, 0) is 12.1 Å². The molecular formula is C20H18N4O4. The molecule has 142 valence electrons. The minimum atomic E-state index is -0.450. The summed E-state index contributed by atoms with van der Waals surface area (Å²) in [4.78, 5) is 32.6. The zero-order chi connectivity index (χ0) is 19.9. The fraction of sp³-hybridized carbons (Fsp3) is 0.100. The second-order valence-electron chi connectivity index (χ2n) is 5.62. The maximum atomic E-state index is 12.4. The number of aromatic nitrogens is 2. The number of carbonyl (C=O) groups is 2. The monoisotopic (exact) mass is 378 g/mol. The smallest absolute Gasteiger partial charge is 0.275 e. The molecule has 2 amide bonds. The molecule has 8 heteroatoms. The topological polar surface area (TPSA) is 102 Å². The van der Waals surface area contributed by atoms with E-state index in [9.17, 15) is 9.59 Å². The Hall–Kier alpha value is -3.94. The molecule has 3 rings (SSSR count). The molecule has 0 aliphatic rings. The highest BCUT2D eigenvalue weighted by molar-refractivity contribution is 6.06. The first kappa shape index (κ1) is 18.8. The van der Waals surface area contributed by atoms with Gasteiger partial charge in [-0.15, -0.1) is 0 Å². The van der Waals surface area contributed by atoms with Crippen LogP contribution in [0.5, 0.6) is 11.5 Å². The number of methoxy groups -OCH3 is 2. The third kappa shape index (κ3) is 4.24. The SMILES string of the molecule is COc1cc(NC(=O)c2cnccn2)c(OC)cc1NC(=O)c1ccccc1. The molecule has 28 heavy (non-hydrogen) atoms. The number of ether oxygens (including phenoxy) is 2. The van der Waals surface area contributed by atoms with Crippen LogP contribution in [-0.2, 0) is 0 Å². The van der Waals surface area contributed by atoms with E-state index in [2.05, 4.69) is 20.6 Å². The van der Waals surface area contributed by atoms with Crippen molar-refractivity contribution in [1.82, 2.24) is 9.97 Å². The van der Waals surface area contributed by atoms with E-state index in [1.54, 1.807) is 36.4 Å². The highest BCUT2D eigenvalue weighted by atomic mass is 16.5. The Labute approximate surface area is 161 Å². The molecule has 2 N–H and O–H groups in total. The van der Waals surface area contributed by atoms with Gasteiger partial charge in [-0.2, -0.15) is 0 Å². The molecule has 0 bridgehead atoms. The van der Waals surface area contributed by atoms with E-state index >= 15 is 0 Å². The van der Waals surface area contributed by atoms with Crippen molar-refractivity contribution in [2.24, 2.45) is 0 Å². The molecule has 0 saturated carbocycles. The number of nitrogens with one attached hydrogen (secondary N) is 2. The Morgan fingerprint density at radius 2 is 1.46 bits per heavy atom. The van der Waals surface area contributed by atoms with Crippen LogP contribution in [0.1, 0.15) is 20.8 Å². The van der Waals surface area contributed by atoms with Crippen LogP contribution in [0.15, 0.2) is 61.1 Å². The Morgan fingerprint density at radius 1 is 0.857 bits per heavy atom. The van der Waals surface area contributed by atoms with Gasteiger partial charge in [0.05, 0.1) is 31.8 Å². The minimum absolute atomic E-state index is 0.157. The average molecular weight is 378 g/mol. The summed E-state index contributed by atoms with van der Waals surface area (Å²) in [6.07, 6.45) is 4.26. The Balaban J connectivity index is 1.87. The summed E-state index contributed by atoms with van der Waals surface area (Å²) in [5, 5.41) is 5.49. The Bertz CT molecular complexity index is 897. The van der Waals surface area contributed by atoms with Crippen LogP contribution in [0.4, 0.5) is 11.4 Å². The van der Waals surface area contributed by atoms with Crippen molar-refractivity contribution in [3.8, 4) is 11.5 Å². The largest absolute Gasteiger partial charge is 0.494 e. The zero-order valence-electron chi connectivity index (χ0n) is 15.3. The standard InChI is InChI=1S/C20H18N4O4/c1-27-17-11-15(24-20(26)16-12-21-8-9-22-16)18(28-2)10-14(17)23-19(25)13-6-4-3-5-7-13/h3-12H,1-2H3,(H,23,25)(H,24,26). The normalized spacial score (nSPS) is 10.1. The van der Waals surface area contributed by atoms with Crippen molar-refractivity contribution < 1.29 is 19.1 Å². The van der Waals surface area contributed by atoms with E-state index in [0.717, 1.165) is 0 Å². The number of amides is 2. The molecular weight excluding hydrogens is 360 g/mol. The molecule has 0 fully saturated rings. The summed E-state index contributed by atoms with van der Waals surface area (Å²) in [6, 6.07) is 11.9. The number of nitrogens with zero attached hydrogens (tertiary/aromatic N) is 2. The summed E-state index contributed by atoms with van der Waals surface area (Å²) in [5.74, 6) is -0.0345. The summed E-state index contributed by atoms with van der Waals surface area (Å²) >= 11 is 0. The molecule has 0 spiro atoms. The number of anilines is 2. The number of hydrogen-bond donors (Lipinski definition) is 2. The maximum Gasteiger partial charge on any atom is 0.275 e. The molecule has 0 aliphatic heterocycles. The van der Waals surface area contributed by atoms with Crippen molar-refractivity contribution in [3.63, 3.8) is 0 Å². The number of benzene rings is 2. The molecule has 1 heterocycles. The van der Waals surface area contributed by atoms with Gasteiger partial charge in [0.15, 0.2) is 0 Å². The van der Waals surface area contributed by atoms with Crippen LogP contribution >= 0.6 is 0 Å². The summed E-state index contributed by atoms with van der Waals surface area (Å²) in [5.41, 5.74) is 1.44. The second-order valence-corrected chi connectivity index (χ2v) is 5.62. The van der Waals surface area contributed by atoms with Gasteiger partial charge in [-0.1, -0.05) is 18.2 Å². The molecule has 2 aromatic carbocycles. The second kappa shape index (κ2) is 8.63. The highest BCUT2D eigenvalue weighted by Crippen LogP contribution is 2.36. The molecule has 0 saturated heterocycles. The first-order valence-electron chi connectivity index (χ1n) is 8.32. The van der Waals surface area contributed by atoms with E-state index < -0.39 is 5.91 Å². The highest BCUT2D eigenvalue weighted by Gasteiger charge is 2.17. The quantitative estimate of drug-likeness (QED) is 0.684. The Kier molecular flexibility index (Phi) is 5.81. The molecule has 3 aromatic rings. The van der Waals surface area contributed by atoms with Crippen LogP contribution < -0.4 is 20.1 Å². The van der Waals surface area contributed by atoms with Crippen LogP contribution in [0.25, 0.3) is 0 Å². The van der Waals surface area contributed by atoms with Gasteiger partial charge in [0, 0.05) is 30.1 Å². The van der Waals surface area contributed by atoms with Crippen molar-refractivity contribution in [1.29, 1.82) is 0 Å². The van der Waals surface area contributed by atoms with Crippen LogP contribution in [0, 0.1) is 0 Å². The summed E-state index contributed by atoms with van der Waals surface area (Å²) < 4.78 is 10.7. The van der Waals surface area contributed by atoms with E-state index in [0.29, 0.717) is 28.4 Å². The van der Waals surface area contributed by atoms with Crippen molar-refractivity contribution in [2.45, 2.75) is 0 Å². The fourth-order valence-corrected chi connectivity index (χ4v) is 2.48. The lowest BCUT2D eigenvalue weighted by atomic mass is 10.2.